The molecule has 0 atom stereocenters. The first-order valence-corrected chi connectivity index (χ1v) is 10.4. The normalized spacial score (nSPS) is 15.6. The van der Waals surface area contributed by atoms with E-state index in [0.29, 0.717) is 16.5 Å². The first-order valence-electron chi connectivity index (χ1n) is 9.61. The number of fused-ring (bicyclic) bond motifs is 1. The minimum absolute atomic E-state index is 0.0691. The van der Waals surface area contributed by atoms with Crippen LogP contribution < -0.4 is 5.73 Å². The molecule has 0 saturated heterocycles. The smallest absolute Gasteiger partial charge is 0.396 e. The maximum Gasteiger partial charge on any atom is 0.418 e. The number of benzene rings is 1. The van der Waals surface area contributed by atoms with E-state index in [0.717, 1.165) is 24.6 Å². The molecule has 0 bridgehead atoms. The molecule has 1 aromatic carbocycles. The summed E-state index contributed by atoms with van der Waals surface area (Å²) in [6.45, 7) is 5.57. The van der Waals surface area contributed by atoms with Crippen LogP contribution in [0.2, 0.25) is 0 Å². The first kappa shape index (κ1) is 22.6. The third kappa shape index (κ3) is 5.13. The van der Waals surface area contributed by atoms with Gasteiger partial charge in [0.25, 0.3) is 0 Å². The molecule has 1 aliphatic rings. The van der Waals surface area contributed by atoms with Crippen LogP contribution >= 0.6 is 11.8 Å². The summed E-state index contributed by atoms with van der Waals surface area (Å²) in [5.41, 5.74) is 5.94. The van der Waals surface area contributed by atoms with Gasteiger partial charge in [-0.1, -0.05) is 13.8 Å². The topological polar surface area (TPSA) is 95.4 Å². The fraction of sp³-hybridized carbons (Fsp3) is 0.476. The maximum atomic E-state index is 13.7. The SMILES string of the molecule is Cc1cc(C(=N)SC(N)=NCC(C)(C)CO)nc2c(C(F)(F)F)cc(C3CC3)cc12. The number of amidine groups is 1. The number of aliphatic imine (C=N–C) groups is 1. The van der Waals surface area contributed by atoms with Crippen LogP contribution in [0.1, 0.15) is 55.0 Å². The molecule has 162 valence electrons. The van der Waals surface area contributed by atoms with E-state index in [4.69, 9.17) is 11.1 Å². The number of nitrogens with one attached hydrogen (secondary N) is 1. The second-order valence-corrected chi connectivity index (χ2v) is 9.50. The van der Waals surface area contributed by atoms with Crippen molar-refractivity contribution < 1.29 is 18.3 Å². The number of aromatic nitrogens is 1. The van der Waals surface area contributed by atoms with Gasteiger partial charge in [-0.25, -0.2) is 4.98 Å². The van der Waals surface area contributed by atoms with Gasteiger partial charge in [-0.05, 0) is 66.8 Å². The molecular weight excluding hydrogens is 413 g/mol. The Kier molecular flexibility index (Phi) is 6.15. The van der Waals surface area contributed by atoms with Crippen LogP contribution in [-0.2, 0) is 6.18 Å². The molecular formula is C21H25F3N4OS. The Balaban J connectivity index is 1.96. The summed E-state index contributed by atoms with van der Waals surface area (Å²) in [5, 5.41) is 18.0. The molecule has 1 aliphatic carbocycles. The van der Waals surface area contributed by atoms with Crippen LogP contribution in [0, 0.1) is 17.7 Å². The Morgan fingerprint density at radius 1 is 1.30 bits per heavy atom. The van der Waals surface area contributed by atoms with Gasteiger partial charge in [0.15, 0.2) is 5.17 Å². The number of pyridine rings is 1. The Morgan fingerprint density at radius 3 is 2.53 bits per heavy atom. The zero-order valence-electron chi connectivity index (χ0n) is 17.1. The minimum atomic E-state index is -4.53. The van der Waals surface area contributed by atoms with Gasteiger partial charge in [0.2, 0.25) is 0 Å². The Bertz CT molecular complexity index is 1010. The summed E-state index contributed by atoms with van der Waals surface area (Å²) in [7, 11) is 0. The van der Waals surface area contributed by atoms with E-state index >= 15 is 0 Å². The molecule has 0 radical (unpaired) electrons. The quantitative estimate of drug-likeness (QED) is 0.460. The number of nitrogens with zero attached hydrogens (tertiary/aromatic N) is 2. The molecule has 30 heavy (non-hydrogen) atoms. The molecule has 5 nitrogen and oxygen atoms in total. The van der Waals surface area contributed by atoms with Crippen molar-refractivity contribution in [2.24, 2.45) is 16.1 Å². The lowest BCUT2D eigenvalue weighted by molar-refractivity contribution is -0.136. The molecule has 1 saturated carbocycles. The molecule has 1 heterocycles. The Morgan fingerprint density at radius 2 is 1.97 bits per heavy atom. The van der Waals surface area contributed by atoms with Crippen molar-refractivity contribution >= 4 is 32.9 Å². The van der Waals surface area contributed by atoms with E-state index in [1.165, 1.54) is 6.07 Å². The van der Waals surface area contributed by atoms with Crippen molar-refractivity contribution in [2.75, 3.05) is 13.2 Å². The van der Waals surface area contributed by atoms with Crippen LogP contribution in [0.25, 0.3) is 10.9 Å². The lowest BCUT2D eigenvalue weighted by Crippen LogP contribution is -2.23. The Labute approximate surface area is 177 Å². The van der Waals surface area contributed by atoms with Gasteiger partial charge in [0.05, 0.1) is 16.8 Å². The average molecular weight is 439 g/mol. The highest BCUT2D eigenvalue weighted by molar-refractivity contribution is 8.26. The van der Waals surface area contributed by atoms with E-state index in [-0.39, 0.29) is 40.5 Å². The van der Waals surface area contributed by atoms with Gasteiger partial charge in [-0.15, -0.1) is 0 Å². The number of halogens is 3. The van der Waals surface area contributed by atoms with Gasteiger partial charge in [-0.2, -0.15) is 13.2 Å². The average Bonchev–Trinajstić information content (AvgIpc) is 3.50. The molecule has 2 aromatic rings. The Hall–Kier alpha value is -2.13. The van der Waals surface area contributed by atoms with E-state index in [2.05, 4.69) is 9.98 Å². The second kappa shape index (κ2) is 8.19. The minimum Gasteiger partial charge on any atom is -0.396 e. The highest BCUT2D eigenvalue weighted by atomic mass is 32.2. The number of aryl methyl sites for hydroxylation is 1. The third-order valence-electron chi connectivity index (χ3n) is 5.03. The number of alkyl halides is 3. The summed E-state index contributed by atoms with van der Waals surface area (Å²) >= 11 is 0.838. The number of aliphatic hydroxyl groups excluding tert-OH is 1. The van der Waals surface area contributed by atoms with Crippen molar-refractivity contribution in [3.63, 3.8) is 0 Å². The molecule has 4 N–H and O–H groups in total. The van der Waals surface area contributed by atoms with Crippen molar-refractivity contribution in [1.29, 1.82) is 5.41 Å². The standard InChI is InChI=1S/C21H25F3N4OS/c1-11-6-16(18(25)30-19(26)27-9-20(2,3)10-29)28-17-14(11)7-13(12-4-5-12)8-15(17)21(22,23)24/h6-8,12,25,29H,4-5,9-10H2,1-3H3,(H2,26,27). The fourth-order valence-electron chi connectivity index (χ4n) is 3.03. The zero-order valence-corrected chi connectivity index (χ0v) is 17.9. The van der Waals surface area contributed by atoms with E-state index in [1.807, 2.05) is 13.8 Å². The number of aliphatic hydroxyl groups is 1. The largest absolute Gasteiger partial charge is 0.418 e. The van der Waals surface area contributed by atoms with Crippen molar-refractivity contribution in [1.82, 2.24) is 4.98 Å². The summed E-state index contributed by atoms with van der Waals surface area (Å²) < 4.78 is 41.2. The zero-order chi connectivity index (χ0) is 22.3. The van der Waals surface area contributed by atoms with Gasteiger partial charge in [0.1, 0.15) is 5.04 Å². The van der Waals surface area contributed by atoms with Crippen LogP contribution in [0.4, 0.5) is 13.2 Å². The second-order valence-electron chi connectivity index (χ2n) is 8.47. The van der Waals surface area contributed by atoms with Gasteiger partial charge in [-0.3, -0.25) is 10.4 Å². The molecule has 1 fully saturated rings. The van der Waals surface area contributed by atoms with Crippen LogP contribution in [0.3, 0.4) is 0 Å². The molecule has 3 rings (SSSR count). The van der Waals surface area contributed by atoms with E-state index in [9.17, 15) is 18.3 Å². The van der Waals surface area contributed by atoms with Crippen LogP contribution in [-0.4, -0.2) is 33.5 Å². The van der Waals surface area contributed by atoms with Gasteiger partial charge in [0, 0.05) is 24.0 Å². The number of hydrogen-bond donors (Lipinski definition) is 3. The summed E-state index contributed by atoms with van der Waals surface area (Å²) in [5.74, 6) is 0.183. The molecule has 9 heteroatoms. The maximum absolute atomic E-state index is 13.7. The van der Waals surface area contributed by atoms with Crippen molar-refractivity contribution in [2.45, 2.75) is 45.7 Å². The highest BCUT2D eigenvalue weighted by Crippen LogP contribution is 2.44. The molecule has 1 aromatic heterocycles. The summed E-state index contributed by atoms with van der Waals surface area (Å²) in [6.07, 6.45) is -2.73. The van der Waals surface area contributed by atoms with Gasteiger partial charge < -0.3 is 10.8 Å². The van der Waals surface area contributed by atoms with Crippen LogP contribution in [0.5, 0.6) is 0 Å². The number of thioether (sulfide) groups is 1. The van der Waals surface area contributed by atoms with Crippen molar-refractivity contribution in [3.05, 3.63) is 40.6 Å². The summed E-state index contributed by atoms with van der Waals surface area (Å²) in [6, 6.07) is 4.59. The van der Waals surface area contributed by atoms with E-state index in [1.54, 1.807) is 19.1 Å². The first-order chi connectivity index (χ1) is 13.9. The lowest BCUT2D eigenvalue weighted by Gasteiger charge is -2.18. The highest BCUT2D eigenvalue weighted by Gasteiger charge is 2.36. The lowest BCUT2D eigenvalue weighted by atomic mass is 9.95. The van der Waals surface area contributed by atoms with Crippen molar-refractivity contribution in [3.8, 4) is 0 Å². The van der Waals surface area contributed by atoms with Crippen LogP contribution in [0.15, 0.2) is 23.2 Å². The molecule has 0 spiro atoms. The number of nitrogens with two attached hydrogens (primary N) is 1. The molecule has 0 aliphatic heterocycles. The predicted molar refractivity (Wildman–Crippen MR) is 115 cm³/mol. The third-order valence-corrected chi connectivity index (χ3v) is 5.78. The fourth-order valence-corrected chi connectivity index (χ4v) is 3.58. The number of rotatable bonds is 5. The van der Waals surface area contributed by atoms with E-state index < -0.39 is 17.2 Å². The molecule has 0 amide bonds. The predicted octanol–water partition coefficient (Wildman–Crippen LogP) is 4.83. The summed E-state index contributed by atoms with van der Waals surface area (Å²) in [4.78, 5) is 8.35. The number of hydrogen-bond acceptors (Lipinski definition) is 5. The molecule has 0 unspecified atom stereocenters. The monoisotopic (exact) mass is 438 g/mol. The van der Waals surface area contributed by atoms with Gasteiger partial charge >= 0.3 is 6.18 Å².